The van der Waals surface area contributed by atoms with Gasteiger partial charge in [0.15, 0.2) is 0 Å². The third-order valence-electron chi connectivity index (χ3n) is 6.05. The molecule has 2 aliphatic carbocycles. The average Bonchev–Trinajstić information content (AvgIpc) is 3.01. The molecule has 1 spiro atoms. The Morgan fingerprint density at radius 1 is 1.38 bits per heavy atom. The van der Waals surface area contributed by atoms with Crippen LogP contribution < -0.4 is 0 Å². The molecule has 0 bridgehead atoms. The molecule has 2 heterocycles. The maximum atomic E-state index is 11.7. The minimum atomic E-state index is -0.451. The number of esters is 1. The van der Waals surface area contributed by atoms with Gasteiger partial charge < -0.3 is 14.2 Å². The van der Waals surface area contributed by atoms with Gasteiger partial charge in [-0.25, -0.2) is 0 Å². The number of epoxide rings is 1. The van der Waals surface area contributed by atoms with Crippen molar-refractivity contribution in [1.82, 2.24) is 0 Å². The van der Waals surface area contributed by atoms with Crippen LogP contribution in [0.4, 0.5) is 0 Å². The molecule has 0 N–H and O–H groups in total. The fraction of sp³-hybridized carbons (Fsp3) is 0.824. The van der Waals surface area contributed by atoms with Crippen LogP contribution in [0, 0.1) is 11.8 Å². The molecule has 116 valence electrons. The van der Waals surface area contributed by atoms with Gasteiger partial charge in [-0.05, 0) is 38.0 Å². The molecule has 0 aromatic heterocycles. The first-order valence-corrected chi connectivity index (χ1v) is 8.13. The van der Waals surface area contributed by atoms with Crippen LogP contribution in [0.2, 0.25) is 0 Å². The number of allylic oxidation sites excluding steroid dienone is 1. The molecule has 4 heteroatoms. The first kappa shape index (κ1) is 13.8. The second-order valence-corrected chi connectivity index (χ2v) is 7.36. The minimum absolute atomic E-state index is 0.145. The first-order valence-electron chi connectivity index (χ1n) is 8.13. The molecular weight excluding hydrogens is 268 g/mol. The summed E-state index contributed by atoms with van der Waals surface area (Å²) >= 11 is 0. The zero-order valence-corrected chi connectivity index (χ0v) is 12.8. The number of fused-ring (bicyclic) bond motifs is 1. The van der Waals surface area contributed by atoms with Crippen molar-refractivity contribution in [2.24, 2.45) is 11.8 Å². The zero-order valence-electron chi connectivity index (χ0n) is 12.8. The van der Waals surface area contributed by atoms with E-state index in [9.17, 15) is 4.79 Å². The minimum Gasteiger partial charge on any atom is -0.456 e. The highest BCUT2D eigenvalue weighted by Crippen LogP contribution is 2.66. The van der Waals surface area contributed by atoms with Gasteiger partial charge in [0.1, 0.15) is 11.2 Å². The molecule has 2 aliphatic heterocycles. The summed E-state index contributed by atoms with van der Waals surface area (Å²) in [4.78, 5) is 11.7. The van der Waals surface area contributed by atoms with Crippen LogP contribution in [0.25, 0.3) is 0 Å². The molecule has 0 radical (unpaired) electrons. The van der Waals surface area contributed by atoms with Crippen molar-refractivity contribution in [2.75, 3.05) is 0 Å². The predicted molar refractivity (Wildman–Crippen MR) is 76.7 cm³/mol. The van der Waals surface area contributed by atoms with Crippen LogP contribution >= 0.6 is 0 Å². The maximum absolute atomic E-state index is 11.7. The monoisotopic (exact) mass is 292 g/mol. The molecule has 2 saturated heterocycles. The average molecular weight is 292 g/mol. The van der Waals surface area contributed by atoms with Crippen LogP contribution in [0.1, 0.15) is 46.0 Å². The lowest BCUT2D eigenvalue weighted by Crippen LogP contribution is -2.55. The van der Waals surface area contributed by atoms with Gasteiger partial charge >= 0.3 is 5.97 Å². The molecule has 4 aliphatic rings. The topological polar surface area (TPSA) is 48.1 Å². The van der Waals surface area contributed by atoms with Crippen molar-refractivity contribution < 1.29 is 19.0 Å². The smallest absolute Gasteiger partial charge is 0.303 e. The third kappa shape index (κ3) is 1.78. The Labute approximate surface area is 125 Å². The van der Waals surface area contributed by atoms with E-state index in [2.05, 4.69) is 13.5 Å². The number of ether oxygens (including phenoxy) is 3. The van der Waals surface area contributed by atoms with Gasteiger partial charge in [0.05, 0.1) is 18.3 Å². The Bertz CT molecular complexity index is 489. The SMILES string of the molecule is C=CC[C@@H]1C[C@@]2(OC(C)=O)C[C@H](C)O[C@@]23C[C@H]2O[C@H]2C[C@H]13. The Balaban J connectivity index is 1.75. The summed E-state index contributed by atoms with van der Waals surface area (Å²) in [5.74, 6) is 0.715. The Hall–Kier alpha value is -0.870. The van der Waals surface area contributed by atoms with E-state index in [4.69, 9.17) is 14.2 Å². The van der Waals surface area contributed by atoms with E-state index in [-0.39, 0.29) is 17.7 Å². The summed E-state index contributed by atoms with van der Waals surface area (Å²) in [6, 6.07) is 0. The highest BCUT2D eigenvalue weighted by Gasteiger charge is 2.75. The number of carbonyl (C=O) groups excluding carboxylic acids is 1. The molecular formula is C17H24O4. The summed E-state index contributed by atoms with van der Waals surface area (Å²) in [6.45, 7) is 7.51. The molecule has 2 saturated carbocycles. The second kappa shape index (κ2) is 4.32. The molecule has 4 fully saturated rings. The number of hydrogen-bond acceptors (Lipinski definition) is 4. The van der Waals surface area contributed by atoms with Crippen LogP contribution in [-0.4, -0.2) is 35.5 Å². The van der Waals surface area contributed by atoms with Gasteiger partial charge in [0.25, 0.3) is 0 Å². The molecule has 0 aromatic rings. The molecule has 0 amide bonds. The van der Waals surface area contributed by atoms with Crippen molar-refractivity contribution in [2.45, 2.75) is 75.5 Å². The lowest BCUT2D eigenvalue weighted by Gasteiger charge is -2.43. The summed E-state index contributed by atoms with van der Waals surface area (Å²) in [5, 5.41) is 0. The highest BCUT2D eigenvalue weighted by molar-refractivity contribution is 5.67. The lowest BCUT2D eigenvalue weighted by molar-refractivity contribution is -0.185. The molecule has 4 rings (SSSR count). The van der Waals surface area contributed by atoms with Gasteiger partial charge in [0, 0.05) is 19.8 Å². The number of rotatable bonds is 3. The lowest BCUT2D eigenvalue weighted by atomic mass is 9.70. The molecule has 4 nitrogen and oxygen atoms in total. The molecule has 21 heavy (non-hydrogen) atoms. The van der Waals surface area contributed by atoms with Crippen molar-refractivity contribution in [1.29, 1.82) is 0 Å². The van der Waals surface area contributed by atoms with Gasteiger partial charge in [-0.15, -0.1) is 6.58 Å². The van der Waals surface area contributed by atoms with E-state index in [1.165, 1.54) is 6.92 Å². The number of hydrogen-bond donors (Lipinski definition) is 0. The van der Waals surface area contributed by atoms with Crippen molar-refractivity contribution >= 4 is 5.97 Å². The predicted octanol–water partition coefficient (Wildman–Crippen LogP) is 2.61. The maximum Gasteiger partial charge on any atom is 0.303 e. The number of carbonyl (C=O) groups is 1. The van der Waals surface area contributed by atoms with Gasteiger partial charge in [0.2, 0.25) is 0 Å². The van der Waals surface area contributed by atoms with E-state index in [0.29, 0.717) is 24.0 Å². The van der Waals surface area contributed by atoms with Crippen LogP contribution in [0.5, 0.6) is 0 Å². The largest absolute Gasteiger partial charge is 0.456 e. The standard InChI is InChI=1S/C17H24O4/c1-4-5-12-8-16(21-11(3)18)7-10(2)20-17(16)9-15-14(19-15)6-13(12)17/h4,10,12-15H,1,5-9H2,2-3H3/t10-,12+,13+,14-,15+,16-,17+/m0/s1. The van der Waals surface area contributed by atoms with Crippen LogP contribution in [0.3, 0.4) is 0 Å². The Morgan fingerprint density at radius 2 is 2.19 bits per heavy atom. The Morgan fingerprint density at radius 3 is 2.90 bits per heavy atom. The molecule has 0 aromatic carbocycles. The zero-order chi connectivity index (χ0) is 14.8. The summed E-state index contributed by atoms with van der Waals surface area (Å²) < 4.78 is 18.2. The fourth-order valence-electron chi connectivity index (χ4n) is 5.56. The van der Waals surface area contributed by atoms with Crippen molar-refractivity contribution in [3.8, 4) is 0 Å². The van der Waals surface area contributed by atoms with E-state index in [1.807, 2.05) is 6.08 Å². The fourth-order valence-corrected chi connectivity index (χ4v) is 5.56. The molecule has 7 atom stereocenters. The summed E-state index contributed by atoms with van der Waals surface area (Å²) in [7, 11) is 0. The van der Waals surface area contributed by atoms with E-state index >= 15 is 0 Å². The van der Waals surface area contributed by atoms with Gasteiger partial charge in [-0.2, -0.15) is 0 Å². The van der Waals surface area contributed by atoms with Crippen molar-refractivity contribution in [3.63, 3.8) is 0 Å². The normalized spacial score (nSPS) is 53.5. The van der Waals surface area contributed by atoms with Gasteiger partial charge in [-0.3, -0.25) is 4.79 Å². The highest BCUT2D eigenvalue weighted by atomic mass is 16.6. The van der Waals surface area contributed by atoms with Crippen molar-refractivity contribution in [3.05, 3.63) is 12.7 Å². The first-order chi connectivity index (χ1) is 9.99. The quantitative estimate of drug-likeness (QED) is 0.456. The third-order valence-corrected chi connectivity index (χ3v) is 6.05. The van der Waals surface area contributed by atoms with E-state index < -0.39 is 5.60 Å². The second-order valence-electron chi connectivity index (χ2n) is 7.36. The summed E-state index contributed by atoms with van der Waals surface area (Å²) in [6.07, 6.45) is 7.46. The van der Waals surface area contributed by atoms with E-state index in [0.717, 1.165) is 32.1 Å². The van der Waals surface area contributed by atoms with E-state index in [1.54, 1.807) is 0 Å². The Kier molecular flexibility index (Phi) is 2.84. The van der Waals surface area contributed by atoms with Crippen LogP contribution in [-0.2, 0) is 19.0 Å². The van der Waals surface area contributed by atoms with Crippen LogP contribution in [0.15, 0.2) is 12.7 Å². The molecule has 0 unspecified atom stereocenters. The van der Waals surface area contributed by atoms with Gasteiger partial charge in [-0.1, -0.05) is 6.08 Å². The summed E-state index contributed by atoms with van der Waals surface area (Å²) in [5.41, 5.74) is -0.781.